The van der Waals surface area contributed by atoms with Gasteiger partial charge in [-0.3, -0.25) is 0 Å². The molecule has 416 valence electrons. The Balaban J connectivity index is 0.697. The number of furan rings is 2. The number of hydrogen-bond donors (Lipinski definition) is 0. The molecule has 0 spiro atoms. The van der Waals surface area contributed by atoms with Crippen molar-refractivity contribution in [2.24, 2.45) is 0 Å². The van der Waals surface area contributed by atoms with Crippen molar-refractivity contribution in [3.05, 3.63) is 328 Å². The molecule has 0 saturated heterocycles. The molecule has 0 radical (unpaired) electrons. The van der Waals surface area contributed by atoms with Gasteiger partial charge in [-0.15, -0.1) is 0 Å². The van der Waals surface area contributed by atoms with Gasteiger partial charge in [-0.2, -0.15) is 0 Å². The Morgan fingerprint density at radius 1 is 0.213 bits per heavy atom. The molecule has 4 heterocycles. The van der Waals surface area contributed by atoms with Gasteiger partial charge in [0.15, 0.2) is 8.07 Å². The number of nitrogens with zero attached hydrogens (tertiary/aromatic N) is 2. The van der Waals surface area contributed by atoms with Crippen LogP contribution in [0.1, 0.15) is 0 Å². The van der Waals surface area contributed by atoms with Crippen molar-refractivity contribution in [1.82, 2.24) is 9.13 Å². The number of fused-ring (bicyclic) bond motifs is 12. The van der Waals surface area contributed by atoms with Gasteiger partial charge in [0.2, 0.25) is 0 Å². The maximum atomic E-state index is 7.23. The van der Waals surface area contributed by atoms with Crippen molar-refractivity contribution in [1.29, 1.82) is 0 Å². The van der Waals surface area contributed by atoms with Gasteiger partial charge < -0.3 is 18.0 Å². The van der Waals surface area contributed by atoms with Crippen molar-refractivity contribution in [3.63, 3.8) is 0 Å². The fourth-order valence-electron chi connectivity index (χ4n) is 14.6. The summed E-state index contributed by atoms with van der Waals surface area (Å²) >= 11 is 0. The molecular formula is C84H54N2O2Si. The van der Waals surface area contributed by atoms with Crippen LogP contribution in [0, 0.1) is 0 Å². The zero-order chi connectivity index (χ0) is 58.6. The minimum absolute atomic E-state index is 0.857. The first-order chi connectivity index (χ1) is 44.1. The van der Waals surface area contributed by atoms with Crippen molar-refractivity contribution in [2.75, 3.05) is 0 Å². The predicted molar refractivity (Wildman–Crippen MR) is 375 cm³/mol. The summed E-state index contributed by atoms with van der Waals surface area (Å²) in [5.74, 6) is 0. The van der Waals surface area contributed by atoms with E-state index in [1.54, 1.807) is 0 Å². The number of rotatable bonds is 10. The Bertz CT molecular complexity index is 5290. The summed E-state index contributed by atoms with van der Waals surface area (Å²) in [7, 11) is -3.27. The Kier molecular flexibility index (Phi) is 11.6. The molecule has 5 heteroatoms. The molecule has 0 amide bonds. The standard InChI is InChI=1S/C84H54N2O2Si/c1-3-17-65(18-4-1)89(66-19-5-2-6-20-66,81-31-15-25-71-73-53-61(45-51-79(73)87-83(71)81)59-37-33-55(34-38-59)57-41-47-63(48-42-57)85-75-27-11-7-21-67(75)68-22-8-12-28-76(68)85)82-32-16-26-72-74-54-62(46-52-80(74)88-84(72)82)60-39-35-56(36-40-60)58-43-49-64(50-44-58)86-77-29-13-9-23-69(77)70-24-10-14-30-78(70)86/h1-54H. The Morgan fingerprint density at radius 2 is 0.494 bits per heavy atom. The van der Waals surface area contributed by atoms with Gasteiger partial charge in [-0.25, -0.2) is 0 Å². The lowest BCUT2D eigenvalue weighted by atomic mass is 9.99. The monoisotopic (exact) mass is 1150 g/mol. The summed E-state index contributed by atoms with van der Waals surface area (Å²) in [6.45, 7) is 0. The maximum Gasteiger partial charge on any atom is 0.188 e. The third kappa shape index (κ3) is 7.99. The van der Waals surface area contributed by atoms with E-state index in [2.05, 4.69) is 337 Å². The molecular weight excluding hydrogens is 1100 g/mol. The maximum absolute atomic E-state index is 7.23. The first-order valence-corrected chi connectivity index (χ1v) is 32.5. The first kappa shape index (κ1) is 50.8. The molecule has 0 aliphatic heterocycles. The molecule has 14 aromatic carbocycles. The highest BCUT2D eigenvalue weighted by Gasteiger charge is 2.46. The highest BCUT2D eigenvalue weighted by atomic mass is 28.3. The lowest BCUT2D eigenvalue weighted by Crippen LogP contribution is -2.75. The zero-order valence-electron chi connectivity index (χ0n) is 48.4. The van der Waals surface area contributed by atoms with Crippen molar-refractivity contribution < 1.29 is 8.83 Å². The molecule has 0 N–H and O–H groups in total. The largest absolute Gasteiger partial charge is 0.456 e. The van der Waals surface area contributed by atoms with Crippen LogP contribution < -0.4 is 20.7 Å². The molecule has 0 fully saturated rings. The van der Waals surface area contributed by atoms with Crippen molar-refractivity contribution in [2.45, 2.75) is 0 Å². The molecule has 89 heavy (non-hydrogen) atoms. The summed E-state index contributed by atoms with van der Waals surface area (Å²) < 4.78 is 19.2. The van der Waals surface area contributed by atoms with E-state index in [1.807, 2.05) is 0 Å². The lowest BCUT2D eigenvalue weighted by Gasteiger charge is -2.34. The van der Waals surface area contributed by atoms with Gasteiger partial charge in [0.05, 0.1) is 22.1 Å². The van der Waals surface area contributed by atoms with Crippen LogP contribution in [0.25, 0.3) is 143 Å². The summed E-state index contributed by atoms with van der Waals surface area (Å²) in [6.07, 6.45) is 0. The van der Waals surface area contributed by atoms with E-state index in [0.717, 1.165) is 77.5 Å². The fourth-order valence-corrected chi connectivity index (χ4v) is 19.6. The third-order valence-electron chi connectivity index (χ3n) is 18.7. The minimum atomic E-state index is -3.27. The normalized spacial score (nSPS) is 12.0. The van der Waals surface area contributed by atoms with E-state index in [1.165, 1.54) is 86.6 Å². The number of aromatic nitrogens is 2. The molecule has 0 aliphatic carbocycles. The molecule has 18 rings (SSSR count). The van der Waals surface area contributed by atoms with E-state index < -0.39 is 8.07 Å². The van der Waals surface area contributed by atoms with E-state index >= 15 is 0 Å². The van der Waals surface area contributed by atoms with E-state index in [4.69, 9.17) is 8.83 Å². The highest BCUT2D eigenvalue weighted by Crippen LogP contribution is 2.39. The van der Waals surface area contributed by atoms with Crippen LogP contribution >= 0.6 is 0 Å². The number of benzene rings is 14. The van der Waals surface area contributed by atoms with Crippen LogP contribution in [0.3, 0.4) is 0 Å². The molecule has 4 nitrogen and oxygen atoms in total. The predicted octanol–water partition coefficient (Wildman–Crippen LogP) is 19.7. The Labute approximate surface area is 514 Å². The average Bonchev–Trinajstić information content (AvgIpc) is 1.92. The number of para-hydroxylation sites is 6. The molecule has 18 aromatic rings. The van der Waals surface area contributed by atoms with Crippen LogP contribution in [0.5, 0.6) is 0 Å². The summed E-state index contributed by atoms with van der Waals surface area (Å²) in [4.78, 5) is 0. The van der Waals surface area contributed by atoms with Crippen LogP contribution in [-0.4, -0.2) is 17.2 Å². The van der Waals surface area contributed by atoms with Gasteiger partial charge in [-0.05, 0) is 138 Å². The SMILES string of the molecule is c1ccc([Si](c2ccccc2)(c2cccc3c2oc2ccc(-c4ccc(-c5ccc(-n6c7ccccc7c7ccccc76)cc5)cc4)cc23)c2cccc3c2oc2ccc(-c4ccc(-c5ccc(-n6c7ccccc7c7ccccc76)cc5)cc4)cc23)cc1. The third-order valence-corrected chi connectivity index (χ3v) is 23.5. The molecule has 0 bridgehead atoms. The minimum Gasteiger partial charge on any atom is -0.456 e. The topological polar surface area (TPSA) is 36.1 Å². The summed E-state index contributed by atoms with van der Waals surface area (Å²) in [5, 5.41) is 14.3. The lowest BCUT2D eigenvalue weighted by molar-refractivity contribution is 0.670. The van der Waals surface area contributed by atoms with Crippen LogP contribution in [0.4, 0.5) is 0 Å². The van der Waals surface area contributed by atoms with Crippen molar-refractivity contribution >= 4 is 116 Å². The van der Waals surface area contributed by atoms with Gasteiger partial charge >= 0.3 is 0 Å². The molecule has 0 atom stereocenters. The average molecular weight is 1150 g/mol. The van der Waals surface area contributed by atoms with Gasteiger partial charge in [0, 0.05) is 54.5 Å². The van der Waals surface area contributed by atoms with Gasteiger partial charge in [-0.1, -0.05) is 255 Å². The molecule has 4 aromatic heterocycles. The Morgan fingerprint density at radius 3 is 0.843 bits per heavy atom. The molecule has 0 unspecified atom stereocenters. The number of hydrogen-bond acceptors (Lipinski definition) is 2. The van der Waals surface area contributed by atoms with Crippen molar-refractivity contribution in [3.8, 4) is 55.9 Å². The summed E-state index contributed by atoms with van der Waals surface area (Å²) in [6, 6.07) is 120. The van der Waals surface area contributed by atoms with Crippen LogP contribution in [-0.2, 0) is 0 Å². The highest BCUT2D eigenvalue weighted by molar-refractivity contribution is 7.21. The fraction of sp³-hybridized carbons (Fsp3) is 0. The second-order valence-electron chi connectivity index (χ2n) is 23.5. The second kappa shape index (κ2) is 20.3. The van der Waals surface area contributed by atoms with E-state index in [0.29, 0.717) is 0 Å². The van der Waals surface area contributed by atoms with Crippen LogP contribution in [0.15, 0.2) is 336 Å². The van der Waals surface area contributed by atoms with Crippen LogP contribution in [0.2, 0.25) is 0 Å². The van der Waals surface area contributed by atoms with Gasteiger partial charge in [0.25, 0.3) is 0 Å². The van der Waals surface area contributed by atoms with Gasteiger partial charge in [0.1, 0.15) is 22.3 Å². The summed E-state index contributed by atoms with van der Waals surface area (Å²) in [5.41, 5.74) is 19.9. The Hall–Kier alpha value is -11.5. The quantitative estimate of drug-likeness (QED) is 0.101. The van der Waals surface area contributed by atoms with E-state index in [-0.39, 0.29) is 0 Å². The second-order valence-corrected chi connectivity index (χ2v) is 27.2. The van der Waals surface area contributed by atoms with E-state index in [9.17, 15) is 0 Å². The zero-order valence-corrected chi connectivity index (χ0v) is 49.4. The molecule has 0 aliphatic rings. The smallest absolute Gasteiger partial charge is 0.188 e. The first-order valence-electron chi connectivity index (χ1n) is 30.5. The molecule has 0 saturated carbocycles.